The summed E-state index contributed by atoms with van der Waals surface area (Å²) in [5, 5.41) is 0. The molecule has 0 unspecified atom stereocenters. The minimum absolute atomic E-state index is 0.419. The van der Waals surface area contributed by atoms with Crippen LogP contribution in [0, 0.1) is 0 Å². The molecule has 0 atom stereocenters. The smallest absolute Gasteiger partial charge is 0.279 e. The molecule has 15 heavy (non-hydrogen) atoms. The van der Waals surface area contributed by atoms with E-state index in [4.69, 9.17) is 5.73 Å². The first-order valence-electron chi connectivity index (χ1n) is 5.53. The lowest BCUT2D eigenvalue weighted by Gasteiger charge is -2.21. The van der Waals surface area contributed by atoms with Crippen LogP contribution in [-0.4, -0.2) is 38.9 Å². The summed E-state index contributed by atoms with van der Waals surface area (Å²) >= 11 is 0. The van der Waals surface area contributed by atoms with Crippen LogP contribution >= 0.6 is 0 Å². The number of nitrogens with zero attached hydrogens (tertiary/aromatic N) is 1. The molecule has 0 fully saturated rings. The third-order valence-corrected chi connectivity index (χ3v) is 3.57. The first kappa shape index (κ1) is 14.8. The van der Waals surface area contributed by atoms with Crippen molar-refractivity contribution in [2.45, 2.75) is 33.1 Å². The van der Waals surface area contributed by atoms with E-state index in [1.807, 2.05) is 13.8 Å². The van der Waals surface area contributed by atoms with Gasteiger partial charge in [-0.05, 0) is 25.8 Å². The molecule has 5 nitrogen and oxygen atoms in total. The third-order valence-electron chi connectivity index (χ3n) is 1.95. The Labute approximate surface area is 93.2 Å². The lowest BCUT2D eigenvalue weighted by Crippen LogP contribution is -2.42. The SMILES string of the molecule is CCCN(CCC)S(=O)(=O)NCCCN. The van der Waals surface area contributed by atoms with E-state index in [2.05, 4.69) is 4.72 Å². The molecular formula is C9H23N3O2S. The average molecular weight is 237 g/mol. The van der Waals surface area contributed by atoms with Crippen LogP contribution in [0.1, 0.15) is 33.1 Å². The van der Waals surface area contributed by atoms with Crippen molar-refractivity contribution >= 4 is 10.2 Å². The van der Waals surface area contributed by atoms with Crippen LogP contribution in [0.4, 0.5) is 0 Å². The first-order valence-corrected chi connectivity index (χ1v) is 6.97. The molecule has 6 heteroatoms. The van der Waals surface area contributed by atoms with E-state index in [1.165, 1.54) is 4.31 Å². The van der Waals surface area contributed by atoms with E-state index in [9.17, 15) is 8.42 Å². The van der Waals surface area contributed by atoms with Crippen molar-refractivity contribution < 1.29 is 8.42 Å². The normalized spacial score (nSPS) is 12.3. The summed E-state index contributed by atoms with van der Waals surface area (Å²) < 4.78 is 27.6. The summed E-state index contributed by atoms with van der Waals surface area (Å²) in [5.41, 5.74) is 5.30. The van der Waals surface area contributed by atoms with Crippen molar-refractivity contribution in [3.63, 3.8) is 0 Å². The van der Waals surface area contributed by atoms with Crippen molar-refractivity contribution in [3.8, 4) is 0 Å². The van der Waals surface area contributed by atoms with Crippen LogP contribution in [0.3, 0.4) is 0 Å². The number of rotatable bonds is 9. The van der Waals surface area contributed by atoms with Crippen molar-refractivity contribution in [3.05, 3.63) is 0 Å². The number of hydrogen-bond donors (Lipinski definition) is 2. The topological polar surface area (TPSA) is 75.4 Å². The standard InChI is InChI=1S/C9H23N3O2S/c1-3-8-12(9-4-2)15(13,14)11-7-5-6-10/h11H,3-10H2,1-2H3. The van der Waals surface area contributed by atoms with Gasteiger partial charge in [0.15, 0.2) is 0 Å². The fourth-order valence-electron chi connectivity index (χ4n) is 1.25. The predicted octanol–water partition coefficient (Wildman–Crippen LogP) is 0.292. The maximum atomic E-state index is 11.8. The highest BCUT2D eigenvalue weighted by molar-refractivity contribution is 7.87. The van der Waals surface area contributed by atoms with Crippen LogP contribution in [-0.2, 0) is 10.2 Å². The zero-order valence-corrected chi connectivity index (χ0v) is 10.5. The van der Waals surface area contributed by atoms with Gasteiger partial charge in [0.25, 0.3) is 10.2 Å². The van der Waals surface area contributed by atoms with Crippen LogP contribution in [0.15, 0.2) is 0 Å². The van der Waals surface area contributed by atoms with Gasteiger partial charge in [-0.15, -0.1) is 0 Å². The van der Waals surface area contributed by atoms with Gasteiger partial charge < -0.3 is 5.73 Å². The largest absolute Gasteiger partial charge is 0.330 e. The van der Waals surface area contributed by atoms with E-state index in [-0.39, 0.29) is 0 Å². The fraction of sp³-hybridized carbons (Fsp3) is 1.00. The maximum Gasteiger partial charge on any atom is 0.279 e. The van der Waals surface area contributed by atoms with E-state index < -0.39 is 10.2 Å². The van der Waals surface area contributed by atoms with Gasteiger partial charge in [0.05, 0.1) is 0 Å². The van der Waals surface area contributed by atoms with Gasteiger partial charge in [-0.1, -0.05) is 13.8 Å². The number of hydrogen-bond acceptors (Lipinski definition) is 3. The van der Waals surface area contributed by atoms with Crippen LogP contribution in [0.5, 0.6) is 0 Å². The second-order valence-corrected chi connectivity index (χ2v) is 5.20. The molecule has 0 heterocycles. The number of nitrogens with one attached hydrogen (secondary N) is 1. The van der Waals surface area contributed by atoms with Crippen LogP contribution in [0.25, 0.3) is 0 Å². The van der Waals surface area contributed by atoms with Crippen molar-refractivity contribution in [2.24, 2.45) is 5.73 Å². The molecule has 0 aromatic heterocycles. The van der Waals surface area contributed by atoms with Crippen molar-refractivity contribution in [1.82, 2.24) is 9.03 Å². The first-order chi connectivity index (χ1) is 7.08. The minimum atomic E-state index is -3.29. The van der Waals surface area contributed by atoms with E-state index in [0.717, 1.165) is 12.8 Å². The van der Waals surface area contributed by atoms with Gasteiger partial charge >= 0.3 is 0 Å². The average Bonchev–Trinajstić information content (AvgIpc) is 2.18. The van der Waals surface area contributed by atoms with E-state index in [0.29, 0.717) is 32.6 Å². The molecular weight excluding hydrogens is 214 g/mol. The number of nitrogens with two attached hydrogens (primary N) is 1. The minimum Gasteiger partial charge on any atom is -0.330 e. The Morgan fingerprint density at radius 2 is 1.73 bits per heavy atom. The molecule has 3 N–H and O–H groups in total. The molecule has 0 aliphatic carbocycles. The highest BCUT2D eigenvalue weighted by Gasteiger charge is 2.18. The summed E-state index contributed by atoms with van der Waals surface area (Å²) in [5.74, 6) is 0. The van der Waals surface area contributed by atoms with Crippen LogP contribution in [0.2, 0.25) is 0 Å². The summed E-state index contributed by atoms with van der Waals surface area (Å²) in [6, 6.07) is 0. The van der Waals surface area contributed by atoms with E-state index in [1.54, 1.807) is 0 Å². The summed E-state index contributed by atoms with van der Waals surface area (Å²) in [6.45, 7) is 6.01. The van der Waals surface area contributed by atoms with Gasteiger partial charge in [-0.2, -0.15) is 12.7 Å². The van der Waals surface area contributed by atoms with E-state index >= 15 is 0 Å². The lowest BCUT2D eigenvalue weighted by atomic mass is 10.4. The molecule has 0 amide bonds. The molecule has 0 saturated carbocycles. The van der Waals surface area contributed by atoms with Gasteiger partial charge in [-0.25, -0.2) is 4.72 Å². The van der Waals surface area contributed by atoms with Gasteiger partial charge in [0.2, 0.25) is 0 Å². The maximum absolute atomic E-state index is 11.8. The Balaban J connectivity index is 4.22. The van der Waals surface area contributed by atoms with Crippen LogP contribution < -0.4 is 10.5 Å². The zero-order chi connectivity index (χ0) is 11.7. The highest BCUT2D eigenvalue weighted by atomic mass is 32.2. The molecule has 0 spiro atoms. The molecule has 0 saturated heterocycles. The zero-order valence-electron chi connectivity index (χ0n) is 9.70. The molecule has 0 radical (unpaired) electrons. The Hall–Kier alpha value is -0.170. The molecule has 0 aromatic rings. The Morgan fingerprint density at radius 1 is 1.20 bits per heavy atom. The van der Waals surface area contributed by atoms with Crippen molar-refractivity contribution in [2.75, 3.05) is 26.2 Å². The summed E-state index contributed by atoms with van der Waals surface area (Å²) in [4.78, 5) is 0. The quantitative estimate of drug-likeness (QED) is 0.566. The highest BCUT2D eigenvalue weighted by Crippen LogP contribution is 2.01. The van der Waals surface area contributed by atoms with Crippen molar-refractivity contribution in [1.29, 1.82) is 0 Å². The third kappa shape index (κ3) is 6.09. The molecule has 0 rings (SSSR count). The molecule has 0 aromatic carbocycles. The fourth-order valence-corrected chi connectivity index (χ4v) is 2.68. The second-order valence-electron chi connectivity index (χ2n) is 3.44. The molecule has 0 aliphatic heterocycles. The lowest BCUT2D eigenvalue weighted by molar-refractivity contribution is 0.402. The monoisotopic (exact) mass is 237 g/mol. The summed E-state index contributed by atoms with van der Waals surface area (Å²) in [6.07, 6.45) is 2.33. The predicted molar refractivity (Wildman–Crippen MR) is 62.7 cm³/mol. The second kappa shape index (κ2) is 8.04. The Morgan fingerprint density at radius 3 is 2.13 bits per heavy atom. The molecule has 0 bridgehead atoms. The Kier molecular flexibility index (Phi) is 7.95. The molecule has 92 valence electrons. The van der Waals surface area contributed by atoms with Gasteiger partial charge in [0.1, 0.15) is 0 Å². The Bertz CT molecular complexity index is 236. The molecule has 0 aliphatic rings. The summed E-state index contributed by atoms with van der Waals surface area (Å²) in [7, 11) is -3.29. The van der Waals surface area contributed by atoms with Gasteiger partial charge in [0, 0.05) is 19.6 Å². The van der Waals surface area contributed by atoms with Gasteiger partial charge in [-0.3, -0.25) is 0 Å².